The van der Waals surface area contributed by atoms with Crippen molar-refractivity contribution >= 4 is 46.4 Å². The van der Waals surface area contributed by atoms with Gasteiger partial charge in [-0.2, -0.15) is 5.10 Å². The molecule has 2 N–H and O–H groups in total. The van der Waals surface area contributed by atoms with Gasteiger partial charge in [0, 0.05) is 16.8 Å². The van der Waals surface area contributed by atoms with Gasteiger partial charge >= 0.3 is 0 Å². The second-order valence-electron chi connectivity index (χ2n) is 5.70. The molecule has 2 rings (SSSR count). The highest BCUT2D eigenvalue weighted by molar-refractivity contribution is 6.36. The van der Waals surface area contributed by atoms with Crippen LogP contribution in [0.2, 0.25) is 10.0 Å². The van der Waals surface area contributed by atoms with Crippen LogP contribution in [-0.4, -0.2) is 31.2 Å². The third-order valence-corrected chi connectivity index (χ3v) is 3.95. The summed E-state index contributed by atoms with van der Waals surface area (Å²) in [4.78, 5) is 23.9. The molecule has 2 amide bonds. The SMILES string of the molecule is COc1cccc(OCC(=O)NN=C(C)CC(=O)Nc2ccc(Cl)cc2Cl)c1. The third kappa shape index (κ3) is 7.09. The number of rotatable bonds is 8. The molecular weight excluding hydrogens is 405 g/mol. The van der Waals surface area contributed by atoms with Crippen LogP contribution in [0.3, 0.4) is 0 Å². The molecule has 0 radical (unpaired) electrons. The lowest BCUT2D eigenvalue weighted by Crippen LogP contribution is -2.26. The molecule has 0 fully saturated rings. The van der Waals surface area contributed by atoms with Gasteiger partial charge in [-0.15, -0.1) is 0 Å². The summed E-state index contributed by atoms with van der Waals surface area (Å²) in [5.41, 5.74) is 3.20. The van der Waals surface area contributed by atoms with Gasteiger partial charge in [-0.05, 0) is 37.3 Å². The van der Waals surface area contributed by atoms with Crippen LogP contribution in [0.1, 0.15) is 13.3 Å². The van der Waals surface area contributed by atoms with Gasteiger partial charge in [0.2, 0.25) is 5.91 Å². The van der Waals surface area contributed by atoms with Crippen LogP contribution in [0.5, 0.6) is 11.5 Å². The van der Waals surface area contributed by atoms with E-state index in [0.717, 1.165) is 0 Å². The van der Waals surface area contributed by atoms with Crippen molar-refractivity contribution in [3.8, 4) is 11.5 Å². The first kappa shape index (κ1) is 21.5. The number of carbonyl (C=O) groups is 2. The molecular formula is C19H19Cl2N3O4. The summed E-state index contributed by atoms with van der Waals surface area (Å²) in [6.45, 7) is 1.39. The molecule has 148 valence electrons. The van der Waals surface area contributed by atoms with Crippen molar-refractivity contribution in [3.63, 3.8) is 0 Å². The average Bonchev–Trinajstić information content (AvgIpc) is 2.67. The number of hydrazone groups is 1. The maximum atomic E-state index is 12.0. The molecule has 2 aromatic carbocycles. The number of nitrogens with zero attached hydrogens (tertiary/aromatic N) is 1. The first-order valence-corrected chi connectivity index (χ1v) is 8.96. The number of amides is 2. The zero-order chi connectivity index (χ0) is 20.5. The second-order valence-corrected chi connectivity index (χ2v) is 6.54. The lowest BCUT2D eigenvalue weighted by Gasteiger charge is -2.08. The van der Waals surface area contributed by atoms with E-state index < -0.39 is 5.91 Å². The molecule has 0 unspecified atom stereocenters. The molecule has 28 heavy (non-hydrogen) atoms. The molecule has 0 aromatic heterocycles. The van der Waals surface area contributed by atoms with Gasteiger partial charge in [-0.25, -0.2) is 5.43 Å². The van der Waals surface area contributed by atoms with Crippen molar-refractivity contribution in [1.82, 2.24) is 5.43 Å². The first-order valence-electron chi connectivity index (χ1n) is 8.21. The Labute approximate surface area is 172 Å². The lowest BCUT2D eigenvalue weighted by atomic mass is 10.2. The Kier molecular flexibility index (Phi) is 8.10. The standard InChI is InChI=1S/C19H19Cl2N3O4/c1-12(8-18(25)22-17-7-6-13(20)9-16(17)21)23-24-19(26)11-28-15-5-3-4-14(10-15)27-2/h3-7,9-10H,8,11H2,1-2H3,(H,22,25)(H,24,26). The topological polar surface area (TPSA) is 89.0 Å². The van der Waals surface area contributed by atoms with Crippen LogP contribution in [0.15, 0.2) is 47.6 Å². The minimum Gasteiger partial charge on any atom is -0.497 e. The van der Waals surface area contributed by atoms with Crippen molar-refractivity contribution in [2.24, 2.45) is 5.10 Å². The van der Waals surface area contributed by atoms with Crippen molar-refractivity contribution in [3.05, 3.63) is 52.5 Å². The van der Waals surface area contributed by atoms with E-state index in [4.69, 9.17) is 32.7 Å². The Bertz CT molecular complexity index is 887. The molecule has 0 heterocycles. The fraction of sp³-hybridized carbons (Fsp3) is 0.211. The maximum absolute atomic E-state index is 12.0. The number of methoxy groups -OCH3 is 1. The van der Waals surface area contributed by atoms with Gasteiger partial charge in [0.05, 0.1) is 24.2 Å². The monoisotopic (exact) mass is 423 g/mol. The fourth-order valence-corrected chi connectivity index (χ4v) is 2.54. The molecule has 0 aliphatic rings. The molecule has 0 atom stereocenters. The minimum atomic E-state index is -0.455. The molecule has 0 aliphatic heterocycles. The zero-order valence-electron chi connectivity index (χ0n) is 15.3. The van der Waals surface area contributed by atoms with Gasteiger partial charge in [0.25, 0.3) is 5.91 Å². The Morgan fingerprint density at radius 1 is 1.07 bits per heavy atom. The van der Waals surface area contributed by atoms with E-state index in [1.807, 2.05) is 0 Å². The largest absolute Gasteiger partial charge is 0.497 e. The minimum absolute atomic E-state index is 0.0179. The van der Waals surface area contributed by atoms with Gasteiger partial charge < -0.3 is 14.8 Å². The quantitative estimate of drug-likeness (QED) is 0.497. The Balaban J connectivity index is 1.79. The summed E-state index contributed by atoms with van der Waals surface area (Å²) < 4.78 is 10.4. The molecule has 0 saturated carbocycles. The van der Waals surface area contributed by atoms with Crippen LogP contribution >= 0.6 is 23.2 Å². The van der Waals surface area contributed by atoms with Crippen LogP contribution < -0.4 is 20.2 Å². The molecule has 9 heteroatoms. The van der Waals surface area contributed by atoms with E-state index >= 15 is 0 Å². The zero-order valence-corrected chi connectivity index (χ0v) is 16.8. The van der Waals surface area contributed by atoms with Crippen LogP contribution in [0, 0.1) is 0 Å². The van der Waals surface area contributed by atoms with Crippen molar-refractivity contribution in [2.75, 3.05) is 19.0 Å². The number of carbonyl (C=O) groups excluding carboxylic acids is 2. The molecule has 0 spiro atoms. The number of hydrogen-bond acceptors (Lipinski definition) is 5. The molecule has 2 aromatic rings. The van der Waals surface area contributed by atoms with E-state index in [0.29, 0.717) is 32.9 Å². The van der Waals surface area contributed by atoms with E-state index in [9.17, 15) is 9.59 Å². The number of ether oxygens (including phenoxy) is 2. The van der Waals surface area contributed by atoms with Crippen LogP contribution in [0.25, 0.3) is 0 Å². The fourth-order valence-electron chi connectivity index (χ4n) is 2.09. The summed E-state index contributed by atoms with van der Waals surface area (Å²) in [7, 11) is 1.54. The Morgan fingerprint density at radius 3 is 2.54 bits per heavy atom. The average molecular weight is 424 g/mol. The predicted octanol–water partition coefficient (Wildman–Crippen LogP) is 3.90. The second kappa shape index (κ2) is 10.5. The molecule has 0 aliphatic carbocycles. The summed E-state index contributed by atoms with van der Waals surface area (Å²) in [6, 6.07) is 11.6. The van der Waals surface area contributed by atoms with Gasteiger partial charge in [-0.3, -0.25) is 9.59 Å². The maximum Gasteiger partial charge on any atom is 0.277 e. The number of halogens is 2. The highest BCUT2D eigenvalue weighted by atomic mass is 35.5. The van der Waals surface area contributed by atoms with Crippen molar-refractivity contribution in [2.45, 2.75) is 13.3 Å². The predicted molar refractivity (Wildman–Crippen MR) is 109 cm³/mol. The third-order valence-electron chi connectivity index (χ3n) is 3.40. The molecule has 0 saturated heterocycles. The van der Waals surface area contributed by atoms with E-state index in [-0.39, 0.29) is 18.9 Å². The number of nitrogens with one attached hydrogen (secondary N) is 2. The highest BCUT2D eigenvalue weighted by Crippen LogP contribution is 2.25. The van der Waals surface area contributed by atoms with Crippen LogP contribution in [-0.2, 0) is 9.59 Å². The van der Waals surface area contributed by atoms with Crippen molar-refractivity contribution in [1.29, 1.82) is 0 Å². The van der Waals surface area contributed by atoms with E-state index in [1.54, 1.807) is 50.4 Å². The Morgan fingerprint density at radius 2 is 1.82 bits per heavy atom. The smallest absolute Gasteiger partial charge is 0.277 e. The highest BCUT2D eigenvalue weighted by Gasteiger charge is 2.09. The summed E-state index contributed by atoms with van der Waals surface area (Å²) in [5, 5.41) is 7.34. The summed E-state index contributed by atoms with van der Waals surface area (Å²) in [6.07, 6.45) is -0.0179. The van der Waals surface area contributed by atoms with Gasteiger partial charge in [-0.1, -0.05) is 29.3 Å². The van der Waals surface area contributed by atoms with Crippen molar-refractivity contribution < 1.29 is 19.1 Å². The van der Waals surface area contributed by atoms with E-state index in [1.165, 1.54) is 6.07 Å². The Hall–Kier alpha value is -2.77. The van der Waals surface area contributed by atoms with Gasteiger partial charge in [0.1, 0.15) is 11.5 Å². The molecule has 7 nitrogen and oxygen atoms in total. The number of hydrogen-bond donors (Lipinski definition) is 2. The van der Waals surface area contributed by atoms with Crippen LogP contribution in [0.4, 0.5) is 5.69 Å². The molecule has 0 bridgehead atoms. The summed E-state index contributed by atoms with van der Waals surface area (Å²) in [5.74, 6) is 0.337. The summed E-state index contributed by atoms with van der Waals surface area (Å²) >= 11 is 11.8. The number of benzene rings is 2. The van der Waals surface area contributed by atoms with E-state index in [2.05, 4.69) is 15.8 Å². The van der Waals surface area contributed by atoms with Gasteiger partial charge in [0.15, 0.2) is 6.61 Å². The first-order chi connectivity index (χ1) is 13.4. The normalized spacial score (nSPS) is 10.9. The lowest BCUT2D eigenvalue weighted by molar-refractivity contribution is -0.123. The number of anilines is 1.